The van der Waals surface area contributed by atoms with Gasteiger partial charge >= 0.3 is 15.6 Å². The maximum Gasteiger partial charge on any atom is 0.478 e. The molecule has 0 spiro atoms. The molecule has 0 radical (unpaired) electrons. The number of rotatable bonds is 2. The zero-order valence-corrected chi connectivity index (χ0v) is 9.03. The molecule has 0 amide bonds. The molecule has 15 heavy (non-hydrogen) atoms. The van der Waals surface area contributed by atoms with Gasteiger partial charge in [0.05, 0.1) is 0 Å². The summed E-state index contributed by atoms with van der Waals surface area (Å²) in [6.45, 7) is 0. The van der Waals surface area contributed by atoms with Gasteiger partial charge in [-0.2, -0.15) is 4.31 Å². The Labute approximate surface area is 85.0 Å². The second-order valence-corrected chi connectivity index (χ2v) is 4.70. The Morgan fingerprint density at radius 2 is 1.27 bits per heavy atom. The Morgan fingerprint density at radius 3 is 1.33 bits per heavy atom. The van der Waals surface area contributed by atoms with Crippen molar-refractivity contribution < 1.29 is 33.0 Å². The van der Waals surface area contributed by atoms with Crippen molar-refractivity contribution in [2.75, 3.05) is 0 Å². The van der Waals surface area contributed by atoms with Crippen molar-refractivity contribution >= 4 is 15.6 Å². The van der Waals surface area contributed by atoms with Crippen molar-refractivity contribution in [1.29, 1.82) is 0 Å². The Hall–Kier alpha value is -0.590. The van der Waals surface area contributed by atoms with Gasteiger partial charge in [0, 0.05) is 12.4 Å². The second-order valence-electron chi connectivity index (χ2n) is 2.09. The number of aromatic nitrogens is 1. The Morgan fingerprint density at radius 1 is 0.867 bits per heavy atom. The molecule has 0 saturated heterocycles. The van der Waals surface area contributed by atoms with Crippen LogP contribution in [0.1, 0.15) is 0 Å². The van der Waals surface area contributed by atoms with Crippen molar-refractivity contribution in [3.63, 3.8) is 0 Å². The Bertz CT molecular complexity index is 310. The van der Waals surface area contributed by atoms with E-state index in [-0.39, 0.29) is 0 Å². The first kappa shape index (κ1) is 14.4. The highest BCUT2D eigenvalue weighted by Gasteiger charge is 2.27. The fourth-order valence-electron chi connectivity index (χ4n) is 0.451. The number of pyridine rings is 1. The van der Waals surface area contributed by atoms with Gasteiger partial charge in [0.1, 0.15) is 0 Å². The average Bonchev–Trinajstić information content (AvgIpc) is 2.01. The SMILES string of the molecule is O=P(O)(O)OP(=O)(O)O.c1ccncc1. The molecule has 0 bridgehead atoms. The van der Waals surface area contributed by atoms with Gasteiger partial charge in [0.25, 0.3) is 0 Å². The molecule has 4 N–H and O–H groups in total. The van der Waals surface area contributed by atoms with Crippen molar-refractivity contribution in [3.8, 4) is 0 Å². The summed E-state index contributed by atoms with van der Waals surface area (Å²) in [7, 11) is -10.1. The van der Waals surface area contributed by atoms with E-state index >= 15 is 0 Å². The van der Waals surface area contributed by atoms with E-state index < -0.39 is 15.6 Å². The van der Waals surface area contributed by atoms with Crippen LogP contribution in [-0.2, 0) is 13.4 Å². The van der Waals surface area contributed by atoms with Gasteiger partial charge in [-0.05, 0) is 12.1 Å². The quantitative estimate of drug-likeness (QED) is 0.554. The van der Waals surface area contributed by atoms with Crippen LogP contribution in [0.15, 0.2) is 30.6 Å². The van der Waals surface area contributed by atoms with E-state index in [1.807, 2.05) is 18.2 Å². The van der Waals surface area contributed by atoms with Gasteiger partial charge in [-0.1, -0.05) is 6.07 Å². The summed E-state index contributed by atoms with van der Waals surface area (Å²) < 4.78 is 22.2. The number of hydrogen-bond donors (Lipinski definition) is 4. The first-order chi connectivity index (χ1) is 6.71. The maximum absolute atomic E-state index is 9.63. The molecule has 8 nitrogen and oxygen atoms in total. The highest BCUT2D eigenvalue weighted by molar-refractivity contribution is 7.60. The summed E-state index contributed by atoms with van der Waals surface area (Å²) >= 11 is 0. The third-order valence-electron chi connectivity index (χ3n) is 0.779. The summed E-state index contributed by atoms with van der Waals surface area (Å²) in [6, 6.07) is 5.72. The molecule has 1 rings (SSSR count). The molecule has 0 aliphatic rings. The first-order valence-electron chi connectivity index (χ1n) is 3.38. The average molecular weight is 257 g/mol. The standard InChI is InChI=1S/C5H5N.H4O7P2/c1-2-4-6-5-3-1;1-8(2,3)7-9(4,5)6/h1-5H;(H2,1,2,3)(H2,4,5,6). The van der Waals surface area contributed by atoms with Gasteiger partial charge in [-0.3, -0.25) is 4.98 Å². The van der Waals surface area contributed by atoms with Crippen molar-refractivity contribution in [2.45, 2.75) is 0 Å². The van der Waals surface area contributed by atoms with Crippen LogP contribution < -0.4 is 0 Å². The molecule has 10 heteroatoms. The largest absolute Gasteiger partial charge is 0.478 e. The van der Waals surface area contributed by atoms with Gasteiger partial charge in [0.2, 0.25) is 0 Å². The molecule has 1 heterocycles. The van der Waals surface area contributed by atoms with E-state index in [0.717, 1.165) is 0 Å². The topological polar surface area (TPSA) is 137 Å². The van der Waals surface area contributed by atoms with Crippen LogP contribution in [0.3, 0.4) is 0 Å². The third kappa shape index (κ3) is 13.4. The van der Waals surface area contributed by atoms with E-state index in [1.54, 1.807) is 12.4 Å². The van der Waals surface area contributed by atoms with Crippen LogP contribution in [0.2, 0.25) is 0 Å². The first-order valence-corrected chi connectivity index (χ1v) is 6.44. The second kappa shape index (κ2) is 6.09. The van der Waals surface area contributed by atoms with E-state index in [4.69, 9.17) is 19.6 Å². The minimum absolute atomic E-state index is 1.75. The predicted molar refractivity (Wildman–Crippen MR) is 49.4 cm³/mol. The zero-order chi connectivity index (χ0) is 11.9. The van der Waals surface area contributed by atoms with E-state index in [9.17, 15) is 9.13 Å². The van der Waals surface area contributed by atoms with Crippen LogP contribution in [0.25, 0.3) is 0 Å². The molecule has 0 aliphatic heterocycles. The lowest BCUT2D eigenvalue weighted by atomic mass is 10.5. The molecule has 1 aromatic rings. The summed E-state index contributed by atoms with van der Waals surface area (Å²) in [5.74, 6) is 0. The molecule has 0 unspecified atom stereocenters. The molecular weight excluding hydrogens is 248 g/mol. The van der Waals surface area contributed by atoms with Crippen molar-refractivity contribution in [3.05, 3.63) is 30.6 Å². The van der Waals surface area contributed by atoms with Gasteiger partial charge in [0.15, 0.2) is 0 Å². The van der Waals surface area contributed by atoms with E-state index in [1.165, 1.54) is 0 Å². The zero-order valence-electron chi connectivity index (χ0n) is 7.24. The molecular formula is C5H9NO7P2. The highest BCUT2D eigenvalue weighted by atomic mass is 31.3. The van der Waals surface area contributed by atoms with Gasteiger partial charge in [-0.15, -0.1) is 0 Å². The Balaban J connectivity index is 0.000000280. The fraction of sp³-hybridized carbons (Fsp3) is 0. The normalized spacial score (nSPS) is 11.5. The number of hydrogen-bond acceptors (Lipinski definition) is 4. The third-order valence-corrected chi connectivity index (χ3v) is 2.48. The van der Waals surface area contributed by atoms with E-state index in [2.05, 4.69) is 9.29 Å². The summed E-state index contributed by atoms with van der Waals surface area (Å²) in [5, 5.41) is 0. The lowest BCUT2D eigenvalue weighted by molar-refractivity contribution is 0.225. The molecule has 0 fully saturated rings. The van der Waals surface area contributed by atoms with Crippen LogP contribution >= 0.6 is 15.6 Å². The fourth-order valence-corrected chi connectivity index (χ4v) is 1.56. The van der Waals surface area contributed by atoms with Gasteiger partial charge < -0.3 is 19.6 Å². The lowest BCUT2D eigenvalue weighted by Gasteiger charge is -2.03. The molecule has 0 atom stereocenters. The minimum Gasteiger partial charge on any atom is -0.302 e. The maximum atomic E-state index is 9.63. The molecule has 1 aromatic heterocycles. The van der Waals surface area contributed by atoms with Crippen LogP contribution in [0.5, 0.6) is 0 Å². The summed E-state index contributed by atoms with van der Waals surface area (Å²) in [4.78, 5) is 34.8. The van der Waals surface area contributed by atoms with Gasteiger partial charge in [-0.25, -0.2) is 9.13 Å². The highest BCUT2D eigenvalue weighted by Crippen LogP contribution is 2.53. The van der Waals surface area contributed by atoms with Crippen LogP contribution in [0.4, 0.5) is 0 Å². The summed E-state index contributed by atoms with van der Waals surface area (Å²) in [6.07, 6.45) is 3.50. The molecule has 0 saturated carbocycles. The smallest absolute Gasteiger partial charge is 0.302 e. The predicted octanol–water partition coefficient (Wildman–Crippen LogP) is 0.270. The monoisotopic (exact) mass is 257 g/mol. The number of nitrogens with zero attached hydrogens (tertiary/aromatic N) is 1. The van der Waals surface area contributed by atoms with E-state index in [0.29, 0.717) is 0 Å². The van der Waals surface area contributed by atoms with Crippen molar-refractivity contribution in [1.82, 2.24) is 4.98 Å². The summed E-state index contributed by atoms with van der Waals surface area (Å²) in [5.41, 5.74) is 0. The lowest BCUT2D eigenvalue weighted by Crippen LogP contribution is -1.84. The minimum atomic E-state index is -5.05. The molecule has 86 valence electrons. The number of phosphoric acid groups is 2. The Kier molecular flexibility index (Phi) is 5.85. The van der Waals surface area contributed by atoms with Crippen LogP contribution in [0, 0.1) is 0 Å². The van der Waals surface area contributed by atoms with Crippen LogP contribution in [-0.4, -0.2) is 24.6 Å². The molecule has 0 aromatic carbocycles. The molecule has 0 aliphatic carbocycles. The van der Waals surface area contributed by atoms with Crippen molar-refractivity contribution in [2.24, 2.45) is 0 Å².